The number of hydrogen-bond acceptors (Lipinski definition) is 5. The Balaban J connectivity index is 1.34. The molecule has 4 rings (SSSR count). The number of piperidine rings is 1. The number of alkyl halides is 3. The third-order valence-corrected chi connectivity index (χ3v) is 6.23. The monoisotopic (exact) mass is 458 g/mol. The third-order valence-electron chi connectivity index (χ3n) is 6.23. The van der Waals surface area contributed by atoms with Crippen LogP contribution in [-0.2, 0) is 11.0 Å². The van der Waals surface area contributed by atoms with Gasteiger partial charge in [-0.25, -0.2) is 14.6 Å². The van der Waals surface area contributed by atoms with E-state index in [1.807, 2.05) is 43.1 Å². The first-order valence-corrected chi connectivity index (χ1v) is 10.7. The Morgan fingerprint density at radius 3 is 2.36 bits per heavy atom. The Morgan fingerprint density at radius 2 is 1.82 bits per heavy atom. The minimum absolute atomic E-state index is 0.0721. The maximum atomic E-state index is 13.1. The van der Waals surface area contributed by atoms with Crippen LogP contribution >= 0.6 is 0 Å². The molecule has 1 aromatic carbocycles. The van der Waals surface area contributed by atoms with Gasteiger partial charge in [0, 0.05) is 32.3 Å². The van der Waals surface area contributed by atoms with Gasteiger partial charge >= 0.3 is 6.18 Å². The summed E-state index contributed by atoms with van der Waals surface area (Å²) < 4.78 is 39.9. The van der Waals surface area contributed by atoms with Gasteiger partial charge in [0.2, 0.25) is 5.91 Å². The van der Waals surface area contributed by atoms with Gasteiger partial charge in [-0.05, 0) is 49.6 Å². The van der Waals surface area contributed by atoms with Crippen molar-refractivity contribution in [1.82, 2.24) is 24.6 Å². The zero-order valence-corrected chi connectivity index (χ0v) is 18.4. The predicted octanol–water partition coefficient (Wildman–Crippen LogP) is 4.12. The number of pyridine rings is 1. The molecule has 10 heteroatoms. The minimum Gasteiger partial charge on any atom is -0.357 e. The molecule has 7 nitrogen and oxygen atoms in total. The predicted molar refractivity (Wildman–Crippen MR) is 117 cm³/mol. The van der Waals surface area contributed by atoms with Crippen molar-refractivity contribution in [3.63, 3.8) is 0 Å². The summed E-state index contributed by atoms with van der Waals surface area (Å²) in [4.78, 5) is 24.7. The van der Waals surface area contributed by atoms with Crippen LogP contribution in [0.2, 0.25) is 0 Å². The summed E-state index contributed by atoms with van der Waals surface area (Å²) in [5.74, 6) is 0.448. The van der Waals surface area contributed by atoms with E-state index in [2.05, 4.69) is 15.1 Å². The van der Waals surface area contributed by atoms with Gasteiger partial charge in [0.05, 0.1) is 17.3 Å². The van der Waals surface area contributed by atoms with Gasteiger partial charge in [-0.15, -0.1) is 0 Å². The standard InChI is InChI=1S/C23H25F3N6O/c1-16(17-3-6-20(7-4-17)32-15-27-14-29-32)30(2)22(33)18-9-11-31(12-10-18)21-8-5-19(13-28-21)23(24,25)26/h3-8,13-16,18H,9-12H2,1-2H3. The molecule has 3 aromatic rings. The molecule has 1 aliphatic rings. The lowest BCUT2D eigenvalue weighted by Gasteiger charge is -2.35. The Hall–Kier alpha value is -3.43. The van der Waals surface area contributed by atoms with Crippen molar-refractivity contribution < 1.29 is 18.0 Å². The van der Waals surface area contributed by atoms with Crippen LogP contribution in [0.1, 0.15) is 36.9 Å². The fourth-order valence-electron chi connectivity index (χ4n) is 4.05. The van der Waals surface area contributed by atoms with Gasteiger partial charge in [0.25, 0.3) is 0 Å². The van der Waals surface area contributed by atoms with Crippen LogP contribution in [0.15, 0.2) is 55.2 Å². The fraction of sp³-hybridized carbons (Fsp3) is 0.391. The van der Waals surface area contributed by atoms with Crippen molar-refractivity contribution in [2.24, 2.45) is 5.92 Å². The second-order valence-corrected chi connectivity index (χ2v) is 8.22. The molecule has 0 aliphatic carbocycles. The van der Waals surface area contributed by atoms with Crippen LogP contribution < -0.4 is 4.90 Å². The van der Waals surface area contributed by atoms with E-state index in [-0.39, 0.29) is 17.9 Å². The highest BCUT2D eigenvalue weighted by molar-refractivity contribution is 5.79. The molecule has 0 spiro atoms. The van der Waals surface area contributed by atoms with E-state index in [9.17, 15) is 18.0 Å². The normalized spacial score (nSPS) is 16.0. The second kappa shape index (κ2) is 9.21. The van der Waals surface area contributed by atoms with Gasteiger partial charge in [0.15, 0.2) is 0 Å². The summed E-state index contributed by atoms with van der Waals surface area (Å²) in [7, 11) is 1.81. The Labute approximate surface area is 189 Å². The molecular weight excluding hydrogens is 433 g/mol. The summed E-state index contributed by atoms with van der Waals surface area (Å²) >= 11 is 0. The van der Waals surface area contributed by atoms with Gasteiger partial charge in [0.1, 0.15) is 18.5 Å². The topological polar surface area (TPSA) is 67.2 Å². The molecule has 1 fully saturated rings. The largest absolute Gasteiger partial charge is 0.417 e. The zero-order chi connectivity index (χ0) is 23.6. The molecule has 33 heavy (non-hydrogen) atoms. The summed E-state index contributed by atoms with van der Waals surface area (Å²) in [5, 5.41) is 4.11. The van der Waals surface area contributed by atoms with E-state index in [0.29, 0.717) is 31.7 Å². The molecule has 0 radical (unpaired) electrons. The molecule has 1 aliphatic heterocycles. The maximum Gasteiger partial charge on any atom is 0.417 e. The van der Waals surface area contributed by atoms with E-state index in [1.165, 1.54) is 12.4 Å². The Kier molecular flexibility index (Phi) is 6.35. The first-order valence-electron chi connectivity index (χ1n) is 10.7. The number of rotatable bonds is 5. The number of nitrogens with zero attached hydrogens (tertiary/aromatic N) is 6. The lowest BCUT2D eigenvalue weighted by atomic mass is 9.94. The van der Waals surface area contributed by atoms with E-state index in [0.717, 1.165) is 23.5 Å². The highest BCUT2D eigenvalue weighted by Crippen LogP contribution is 2.31. The Bertz CT molecular complexity index is 1060. The quantitative estimate of drug-likeness (QED) is 0.576. The lowest BCUT2D eigenvalue weighted by molar-refractivity contribution is -0.138. The average Bonchev–Trinajstić information content (AvgIpc) is 3.37. The summed E-state index contributed by atoms with van der Waals surface area (Å²) in [6, 6.07) is 10.2. The summed E-state index contributed by atoms with van der Waals surface area (Å²) in [5.41, 5.74) is 1.14. The molecular formula is C23H25F3N6O. The maximum absolute atomic E-state index is 13.1. The van der Waals surface area contributed by atoms with E-state index in [4.69, 9.17) is 0 Å². The van der Waals surface area contributed by atoms with Crippen LogP contribution in [0.4, 0.5) is 19.0 Å². The highest BCUT2D eigenvalue weighted by atomic mass is 19.4. The highest BCUT2D eigenvalue weighted by Gasteiger charge is 2.32. The molecule has 1 amide bonds. The summed E-state index contributed by atoms with van der Waals surface area (Å²) in [6.07, 6.45) is 0.815. The number of aromatic nitrogens is 4. The van der Waals surface area contributed by atoms with Gasteiger partial charge in [-0.1, -0.05) is 12.1 Å². The van der Waals surface area contributed by atoms with Gasteiger partial charge < -0.3 is 9.80 Å². The number of anilines is 1. The smallest absolute Gasteiger partial charge is 0.357 e. The number of hydrogen-bond donors (Lipinski definition) is 0. The number of benzene rings is 1. The SMILES string of the molecule is CC(c1ccc(-n2cncn2)cc1)N(C)C(=O)C1CCN(c2ccc(C(F)(F)F)cn2)CC1. The molecule has 174 valence electrons. The van der Waals surface area contributed by atoms with Crippen LogP contribution in [-0.4, -0.2) is 50.7 Å². The number of carbonyl (C=O) groups excluding carboxylic acids is 1. The molecule has 2 aromatic heterocycles. The minimum atomic E-state index is -4.40. The molecule has 0 bridgehead atoms. The van der Waals surface area contributed by atoms with Gasteiger partial charge in [-0.2, -0.15) is 18.3 Å². The first kappa shape index (κ1) is 22.8. The zero-order valence-electron chi connectivity index (χ0n) is 18.4. The van der Waals surface area contributed by atoms with Crippen LogP contribution in [0.25, 0.3) is 5.69 Å². The van der Waals surface area contributed by atoms with Crippen LogP contribution in [0, 0.1) is 5.92 Å². The van der Waals surface area contributed by atoms with Crippen molar-refractivity contribution in [2.75, 3.05) is 25.0 Å². The number of halogens is 3. The molecule has 1 atom stereocenters. The average molecular weight is 458 g/mol. The van der Waals surface area contributed by atoms with Crippen molar-refractivity contribution >= 4 is 11.7 Å². The molecule has 0 N–H and O–H groups in total. The second-order valence-electron chi connectivity index (χ2n) is 8.22. The third kappa shape index (κ3) is 4.99. The van der Waals surface area contributed by atoms with Crippen LogP contribution in [0.5, 0.6) is 0 Å². The van der Waals surface area contributed by atoms with Crippen LogP contribution in [0.3, 0.4) is 0 Å². The molecule has 0 saturated carbocycles. The van der Waals surface area contributed by atoms with Crippen molar-refractivity contribution in [1.29, 1.82) is 0 Å². The van der Waals surface area contributed by atoms with Crippen molar-refractivity contribution in [2.45, 2.75) is 32.0 Å². The first-order chi connectivity index (χ1) is 15.7. The van der Waals surface area contributed by atoms with E-state index >= 15 is 0 Å². The molecule has 1 unspecified atom stereocenters. The van der Waals surface area contributed by atoms with E-state index in [1.54, 1.807) is 15.9 Å². The molecule has 3 heterocycles. The fourth-order valence-corrected chi connectivity index (χ4v) is 4.05. The molecule has 1 saturated heterocycles. The van der Waals surface area contributed by atoms with Gasteiger partial charge in [-0.3, -0.25) is 4.79 Å². The lowest BCUT2D eigenvalue weighted by Crippen LogP contribution is -2.42. The number of carbonyl (C=O) groups is 1. The van der Waals surface area contributed by atoms with Crippen molar-refractivity contribution in [3.8, 4) is 5.69 Å². The Morgan fingerprint density at radius 1 is 1.12 bits per heavy atom. The van der Waals surface area contributed by atoms with Crippen molar-refractivity contribution in [3.05, 3.63) is 66.4 Å². The number of amides is 1. The summed E-state index contributed by atoms with van der Waals surface area (Å²) in [6.45, 7) is 3.14. The van der Waals surface area contributed by atoms with E-state index < -0.39 is 11.7 Å².